The molecule has 0 amide bonds. The van der Waals surface area contributed by atoms with E-state index >= 15 is 0 Å². The summed E-state index contributed by atoms with van der Waals surface area (Å²) in [5.41, 5.74) is -0.0807. The predicted octanol–water partition coefficient (Wildman–Crippen LogP) is 4.13. The highest BCUT2D eigenvalue weighted by atomic mass is 32.2. The molecule has 1 aromatic carbocycles. The molecule has 1 atom stereocenters. The van der Waals surface area contributed by atoms with Crippen molar-refractivity contribution in [1.82, 2.24) is 15.0 Å². The Morgan fingerprint density at radius 3 is 2.51 bits per heavy atom. The van der Waals surface area contributed by atoms with Gasteiger partial charge in [0.1, 0.15) is 17.3 Å². The predicted molar refractivity (Wildman–Crippen MR) is 131 cm³/mol. The Balaban J connectivity index is 1.95. The lowest BCUT2D eigenvalue weighted by Crippen LogP contribution is -2.26. The van der Waals surface area contributed by atoms with Gasteiger partial charge >= 0.3 is 6.18 Å². The van der Waals surface area contributed by atoms with Gasteiger partial charge in [-0.25, -0.2) is 19.2 Å². The first-order valence-electron chi connectivity index (χ1n) is 10.4. The molecular weight excluding hydrogens is 483 g/mol. The van der Waals surface area contributed by atoms with Crippen LogP contribution in [-0.2, 0) is 28.7 Å². The molecule has 188 valence electrons. The zero-order chi connectivity index (χ0) is 25.8. The van der Waals surface area contributed by atoms with Crippen molar-refractivity contribution in [2.45, 2.75) is 19.0 Å². The number of aryl methyl sites for hydroxylation is 2. The number of methoxy groups -OCH3 is 2. The molecule has 2 heterocycles. The molecule has 0 aliphatic rings. The highest BCUT2D eigenvalue weighted by Crippen LogP contribution is 2.34. The molecule has 8 nitrogen and oxygen atoms in total. The molecule has 0 bridgehead atoms. The van der Waals surface area contributed by atoms with E-state index < -0.39 is 21.4 Å². The van der Waals surface area contributed by atoms with Gasteiger partial charge in [0.05, 0.1) is 31.2 Å². The van der Waals surface area contributed by atoms with Crippen molar-refractivity contribution < 1.29 is 26.9 Å². The number of ether oxygens (including phenoxy) is 2. The minimum Gasteiger partial charge on any atom is -0.497 e. The lowest BCUT2D eigenvalue weighted by molar-refractivity contribution is -0.138. The Morgan fingerprint density at radius 2 is 1.89 bits per heavy atom. The van der Waals surface area contributed by atoms with E-state index in [0.29, 0.717) is 28.6 Å². The average molecular weight is 510 g/mol. The summed E-state index contributed by atoms with van der Waals surface area (Å²) in [4.78, 5) is 12.3. The zero-order valence-electron chi connectivity index (χ0n) is 19.7. The van der Waals surface area contributed by atoms with Gasteiger partial charge in [-0.05, 0) is 42.5 Å². The average Bonchev–Trinajstić information content (AvgIpc) is 2.81. The smallest absolute Gasteiger partial charge is 0.419 e. The number of hydrogen-bond acceptors (Lipinski definition) is 7. The van der Waals surface area contributed by atoms with E-state index in [4.69, 9.17) is 9.47 Å². The molecule has 12 heteroatoms. The molecule has 3 rings (SSSR count). The van der Waals surface area contributed by atoms with Crippen LogP contribution in [0.4, 0.5) is 30.6 Å². The van der Waals surface area contributed by atoms with Gasteiger partial charge in [-0.3, -0.25) is 4.31 Å². The SMILES string of the molecule is C=S(C)(=O)N(C)c1ncccc1CCc1nc(Nc2cc(OC)ccc2OC)ncc1C(F)(F)F. The Hall–Kier alpha value is -3.54. The second-order valence-corrected chi connectivity index (χ2v) is 10.2. The van der Waals surface area contributed by atoms with E-state index in [0.717, 1.165) is 6.20 Å². The molecule has 0 spiro atoms. The standard InChI is InChI=1S/C23H26F3N5O3S/c1-31(35(4,5)32)21-15(7-6-12-27-21)8-10-18-17(23(24,25)26)14-28-22(29-18)30-19-13-16(33-2)9-11-20(19)34-3/h6-7,9,11-14H,4,8,10H2,1-3,5H3,(H,28,29,30). The van der Waals surface area contributed by atoms with Crippen LogP contribution in [0.25, 0.3) is 0 Å². The topological polar surface area (TPSA) is 89.5 Å². The number of aromatic nitrogens is 3. The van der Waals surface area contributed by atoms with Gasteiger partial charge in [-0.2, -0.15) is 13.2 Å². The van der Waals surface area contributed by atoms with Crippen LogP contribution >= 0.6 is 0 Å². The number of anilines is 3. The van der Waals surface area contributed by atoms with Gasteiger partial charge in [-0.15, -0.1) is 0 Å². The van der Waals surface area contributed by atoms with Crippen LogP contribution in [0.15, 0.2) is 42.7 Å². The summed E-state index contributed by atoms with van der Waals surface area (Å²) >= 11 is 0. The third-order valence-corrected chi connectivity index (χ3v) is 6.53. The van der Waals surface area contributed by atoms with Crippen LogP contribution in [0.1, 0.15) is 16.8 Å². The normalized spacial score (nSPS) is 13.1. The molecule has 1 unspecified atom stereocenters. The Bertz CT molecular complexity index is 1300. The van der Waals surface area contributed by atoms with Crippen molar-refractivity contribution in [3.05, 3.63) is 59.5 Å². The summed E-state index contributed by atoms with van der Waals surface area (Å²) in [6.45, 7) is 0. The van der Waals surface area contributed by atoms with Crippen molar-refractivity contribution in [2.24, 2.45) is 0 Å². The van der Waals surface area contributed by atoms with E-state index in [-0.39, 0.29) is 24.5 Å². The van der Waals surface area contributed by atoms with Crippen molar-refractivity contribution in [2.75, 3.05) is 37.1 Å². The number of hydrogen-bond donors (Lipinski definition) is 1. The number of nitrogens with one attached hydrogen (secondary N) is 1. The maximum atomic E-state index is 13.7. The fraction of sp³-hybridized carbons (Fsp3) is 0.304. The molecule has 0 aliphatic heterocycles. The van der Waals surface area contributed by atoms with Crippen LogP contribution in [0.5, 0.6) is 11.5 Å². The highest BCUT2D eigenvalue weighted by molar-refractivity contribution is 8.00. The number of nitrogens with zero attached hydrogens (tertiary/aromatic N) is 4. The molecule has 0 radical (unpaired) electrons. The molecule has 3 aromatic rings. The first kappa shape index (κ1) is 26.1. The first-order valence-corrected chi connectivity index (χ1v) is 12.5. The van der Waals surface area contributed by atoms with Gasteiger partial charge in [0.2, 0.25) is 5.95 Å². The van der Waals surface area contributed by atoms with E-state index in [1.54, 1.807) is 37.4 Å². The molecule has 1 N–H and O–H groups in total. The third kappa shape index (κ3) is 6.32. The molecule has 0 saturated heterocycles. The summed E-state index contributed by atoms with van der Waals surface area (Å²) in [6, 6.07) is 8.35. The van der Waals surface area contributed by atoms with Gasteiger partial charge in [0.25, 0.3) is 0 Å². The fourth-order valence-electron chi connectivity index (χ4n) is 3.28. The number of halogens is 3. The molecule has 35 heavy (non-hydrogen) atoms. The van der Waals surface area contributed by atoms with Crippen LogP contribution in [-0.4, -0.2) is 52.6 Å². The van der Waals surface area contributed by atoms with Crippen LogP contribution in [0.3, 0.4) is 0 Å². The Kier molecular flexibility index (Phi) is 7.73. The van der Waals surface area contributed by atoms with Crippen LogP contribution in [0.2, 0.25) is 0 Å². The number of benzene rings is 1. The Morgan fingerprint density at radius 1 is 1.14 bits per heavy atom. The second-order valence-electron chi connectivity index (χ2n) is 7.69. The van der Waals surface area contributed by atoms with E-state index in [9.17, 15) is 17.4 Å². The zero-order valence-corrected chi connectivity index (χ0v) is 20.5. The fourth-order valence-corrected chi connectivity index (χ4v) is 3.81. The van der Waals surface area contributed by atoms with Crippen molar-refractivity contribution >= 4 is 33.0 Å². The van der Waals surface area contributed by atoms with Crippen molar-refractivity contribution in [3.63, 3.8) is 0 Å². The second kappa shape index (κ2) is 10.4. The number of alkyl halides is 3. The van der Waals surface area contributed by atoms with E-state index in [2.05, 4.69) is 26.1 Å². The van der Waals surface area contributed by atoms with E-state index in [1.807, 2.05) is 0 Å². The van der Waals surface area contributed by atoms with Crippen molar-refractivity contribution in [1.29, 1.82) is 0 Å². The highest BCUT2D eigenvalue weighted by Gasteiger charge is 2.35. The molecule has 0 saturated carbocycles. The van der Waals surface area contributed by atoms with Gasteiger partial charge in [0.15, 0.2) is 0 Å². The van der Waals surface area contributed by atoms with Gasteiger partial charge < -0.3 is 14.8 Å². The molecular formula is C23H26F3N5O3S. The van der Waals surface area contributed by atoms with Gasteiger partial charge in [-0.1, -0.05) is 6.07 Å². The summed E-state index contributed by atoms with van der Waals surface area (Å²) < 4.78 is 65.5. The lowest BCUT2D eigenvalue weighted by Gasteiger charge is -2.22. The summed E-state index contributed by atoms with van der Waals surface area (Å²) in [7, 11) is 1.93. The van der Waals surface area contributed by atoms with Crippen molar-refractivity contribution in [3.8, 4) is 11.5 Å². The van der Waals surface area contributed by atoms with Crippen LogP contribution in [0, 0.1) is 0 Å². The molecule has 0 aliphatic carbocycles. The monoisotopic (exact) mass is 509 g/mol. The largest absolute Gasteiger partial charge is 0.497 e. The maximum Gasteiger partial charge on any atom is 0.419 e. The summed E-state index contributed by atoms with van der Waals surface area (Å²) in [6.07, 6.45) is -0.789. The number of pyridine rings is 1. The summed E-state index contributed by atoms with van der Waals surface area (Å²) in [5, 5.41) is 2.90. The van der Waals surface area contributed by atoms with Crippen LogP contribution < -0.4 is 19.1 Å². The minimum atomic E-state index is -4.64. The molecule has 2 aromatic heterocycles. The molecule has 0 fully saturated rings. The quantitative estimate of drug-likeness (QED) is 0.434. The lowest BCUT2D eigenvalue weighted by atomic mass is 10.1. The number of rotatable bonds is 9. The summed E-state index contributed by atoms with van der Waals surface area (Å²) in [5.74, 6) is 4.96. The van der Waals surface area contributed by atoms with E-state index in [1.165, 1.54) is 31.0 Å². The first-order chi connectivity index (χ1) is 16.4. The maximum absolute atomic E-state index is 13.7. The van der Waals surface area contributed by atoms with Gasteiger partial charge in [0, 0.05) is 41.5 Å². The third-order valence-electron chi connectivity index (χ3n) is 5.20. The minimum absolute atomic E-state index is 0.0302. The Labute approximate surface area is 202 Å².